The molecule has 132 valence electrons. The number of furan rings is 1. The van der Waals surface area contributed by atoms with Gasteiger partial charge in [-0.2, -0.15) is 0 Å². The van der Waals surface area contributed by atoms with Gasteiger partial charge in [-0.15, -0.1) is 0 Å². The van der Waals surface area contributed by atoms with Crippen molar-refractivity contribution >= 4 is 17.5 Å². The molecular weight excluding hydrogens is 320 g/mol. The van der Waals surface area contributed by atoms with E-state index in [0.29, 0.717) is 38.2 Å². The average molecular weight is 342 g/mol. The van der Waals surface area contributed by atoms with Gasteiger partial charge in [0.05, 0.1) is 19.4 Å². The number of carbonyl (C=O) groups excluding carboxylic acids is 2. The van der Waals surface area contributed by atoms with Crippen LogP contribution in [0.15, 0.2) is 47.1 Å². The van der Waals surface area contributed by atoms with Crippen LogP contribution < -0.4 is 4.90 Å². The van der Waals surface area contributed by atoms with Crippen LogP contribution >= 0.6 is 0 Å². The van der Waals surface area contributed by atoms with Crippen molar-refractivity contribution in [2.45, 2.75) is 19.4 Å². The number of ether oxygens (including phenoxy) is 1. The molecule has 0 bridgehead atoms. The molecule has 2 heterocycles. The number of methoxy groups -OCH3 is 1. The molecule has 2 amide bonds. The van der Waals surface area contributed by atoms with E-state index >= 15 is 0 Å². The Morgan fingerprint density at radius 1 is 1.32 bits per heavy atom. The van der Waals surface area contributed by atoms with Crippen LogP contribution in [-0.2, 0) is 16.1 Å². The quantitative estimate of drug-likeness (QED) is 0.776. The molecule has 0 unspecified atom stereocenters. The molecular formula is C19H22N2O4. The zero-order valence-electron chi connectivity index (χ0n) is 14.3. The maximum atomic E-state index is 13.0. The van der Waals surface area contributed by atoms with Crippen LogP contribution in [0, 0.1) is 0 Å². The lowest BCUT2D eigenvalue weighted by Crippen LogP contribution is -2.33. The van der Waals surface area contributed by atoms with Gasteiger partial charge < -0.3 is 19.0 Å². The maximum Gasteiger partial charge on any atom is 0.254 e. The van der Waals surface area contributed by atoms with Crippen molar-refractivity contribution in [1.29, 1.82) is 0 Å². The molecule has 0 spiro atoms. The summed E-state index contributed by atoms with van der Waals surface area (Å²) in [7, 11) is 1.61. The van der Waals surface area contributed by atoms with E-state index < -0.39 is 0 Å². The fraction of sp³-hybridized carbons (Fsp3) is 0.368. The molecule has 6 heteroatoms. The highest BCUT2D eigenvalue weighted by molar-refractivity contribution is 5.99. The van der Waals surface area contributed by atoms with Crippen molar-refractivity contribution in [1.82, 2.24) is 4.90 Å². The maximum absolute atomic E-state index is 13.0. The zero-order chi connectivity index (χ0) is 17.6. The molecule has 1 aromatic carbocycles. The summed E-state index contributed by atoms with van der Waals surface area (Å²) in [4.78, 5) is 28.3. The van der Waals surface area contributed by atoms with Crippen molar-refractivity contribution in [3.8, 4) is 0 Å². The van der Waals surface area contributed by atoms with E-state index in [4.69, 9.17) is 9.15 Å². The first-order valence-electron chi connectivity index (χ1n) is 8.40. The first kappa shape index (κ1) is 17.2. The van der Waals surface area contributed by atoms with Crippen LogP contribution in [0.5, 0.6) is 0 Å². The van der Waals surface area contributed by atoms with Crippen molar-refractivity contribution in [3.63, 3.8) is 0 Å². The van der Waals surface area contributed by atoms with Crippen molar-refractivity contribution < 1.29 is 18.7 Å². The SMILES string of the molecule is COCCN(Cc1ccco1)C(=O)c1cccc(N2CCCC2=O)c1. The highest BCUT2D eigenvalue weighted by Gasteiger charge is 2.23. The van der Waals surface area contributed by atoms with E-state index in [1.54, 1.807) is 41.4 Å². The van der Waals surface area contributed by atoms with Gasteiger partial charge in [0.2, 0.25) is 5.91 Å². The lowest BCUT2D eigenvalue weighted by Gasteiger charge is -2.22. The number of carbonyl (C=O) groups is 2. The normalized spacial score (nSPS) is 14.1. The Bertz CT molecular complexity index is 727. The molecule has 0 radical (unpaired) electrons. The third-order valence-corrected chi connectivity index (χ3v) is 4.26. The Balaban J connectivity index is 1.79. The van der Waals surface area contributed by atoms with Crippen LogP contribution in [0.4, 0.5) is 5.69 Å². The van der Waals surface area contributed by atoms with Gasteiger partial charge in [0.25, 0.3) is 5.91 Å². The molecule has 1 saturated heterocycles. The summed E-state index contributed by atoms with van der Waals surface area (Å²) >= 11 is 0. The van der Waals surface area contributed by atoms with Crippen LogP contribution in [0.25, 0.3) is 0 Å². The van der Waals surface area contributed by atoms with Gasteiger partial charge in [-0.1, -0.05) is 6.07 Å². The van der Waals surface area contributed by atoms with Gasteiger partial charge in [0, 0.05) is 37.9 Å². The molecule has 3 rings (SSSR count). The standard InChI is InChI=1S/C19H22N2O4/c1-24-12-10-20(14-17-7-4-11-25-17)19(23)15-5-2-6-16(13-15)21-9-3-8-18(21)22/h2,4-7,11,13H,3,8-10,12,14H2,1H3. The molecule has 0 atom stereocenters. The largest absolute Gasteiger partial charge is 0.467 e. The van der Waals surface area contributed by atoms with Gasteiger partial charge in [-0.3, -0.25) is 9.59 Å². The van der Waals surface area contributed by atoms with E-state index in [0.717, 1.165) is 17.9 Å². The van der Waals surface area contributed by atoms with E-state index in [-0.39, 0.29) is 11.8 Å². The van der Waals surface area contributed by atoms with Crippen LogP contribution in [0.2, 0.25) is 0 Å². The highest BCUT2D eigenvalue weighted by atomic mass is 16.5. The highest BCUT2D eigenvalue weighted by Crippen LogP contribution is 2.23. The summed E-state index contributed by atoms with van der Waals surface area (Å²) in [6.45, 7) is 1.98. The Labute approximate surface area is 147 Å². The molecule has 1 aromatic heterocycles. The van der Waals surface area contributed by atoms with E-state index in [9.17, 15) is 9.59 Å². The third kappa shape index (κ3) is 4.09. The molecule has 0 saturated carbocycles. The number of nitrogens with zero attached hydrogens (tertiary/aromatic N) is 2. The van der Waals surface area contributed by atoms with Crippen molar-refractivity contribution in [3.05, 3.63) is 54.0 Å². The van der Waals surface area contributed by atoms with Crippen molar-refractivity contribution in [2.75, 3.05) is 31.7 Å². The first-order chi connectivity index (χ1) is 12.2. The molecule has 1 aliphatic heterocycles. The fourth-order valence-electron chi connectivity index (χ4n) is 2.96. The summed E-state index contributed by atoms with van der Waals surface area (Å²) in [5.74, 6) is 0.716. The Morgan fingerprint density at radius 2 is 2.20 bits per heavy atom. The number of benzene rings is 1. The first-order valence-corrected chi connectivity index (χ1v) is 8.40. The molecule has 6 nitrogen and oxygen atoms in total. The minimum atomic E-state index is -0.109. The summed E-state index contributed by atoms with van der Waals surface area (Å²) in [5, 5.41) is 0. The Hall–Kier alpha value is -2.60. The van der Waals surface area contributed by atoms with Crippen LogP contribution in [0.3, 0.4) is 0 Å². The topological polar surface area (TPSA) is 63.0 Å². The molecule has 25 heavy (non-hydrogen) atoms. The molecule has 1 fully saturated rings. The predicted octanol–water partition coefficient (Wildman–Crippen LogP) is 2.70. The van der Waals surface area contributed by atoms with E-state index in [1.807, 2.05) is 18.2 Å². The Morgan fingerprint density at radius 3 is 2.88 bits per heavy atom. The van der Waals surface area contributed by atoms with Crippen LogP contribution in [-0.4, -0.2) is 43.5 Å². The second kappa shape index (κ2) is 7.98. The van der Waals surface area contributed by atoms with Gasteiger partial charge in [-0.25, -0.2) is 0 Å². The lowest BCUT2D eigenvalue weighted by atomic mass is 10.1. The van der Waals surface area contributed by atoms with Crippen molar-refractivity contribution in [2.24, 2.45) is 0 Å². The van der Waals surface area contributed by atoms with Gasteiger partial charge in [-0.05, 0) is 36.8 Å². The zero-order valence-corrected chi connectivity index (χ0v) is 14.3. The van der Waals surface area contributed by atoms with E-state index in [1.165, 1.54) is 0 Å². The number of hydrogen-bond donors (Lipinski definition) is 0. The number of amides is 2. The van der Waals surface area contributed by atoms with Gasteiger partial charge >= 0.3 is 0 Å². The molecule has 2 aromatic rings. The number of anilines is 1. The second-order valence-electron chi connectivity index (χ2n) is 6.00. The Kier molecular flexibility index (Phi) is 5.50. The summed E-state index contributed by atoms with van der Waals surface area (Å²) in [5.41, 5.74) is 1.33. The summed E-state index contributed by atoms with van der Waals surface area (Å²) < 4.78 is 10.5. The monoisotopic (exact) mass is 342 g/mol. The minimum Gasteiger partial charge on any atom is -0.467 e. The van der Waals surface area contributed by atoms with Crippen LogP contribution in [0.1, 0.15) is 29.0 Å². The third-order valence-electron chi connectivity index (χ3n) is 4.26. The van der Waals surface area contributed by atoms with E-state index in [2.05, 4.69) is 0 Å². The smallest absolute Gasteiger partial charge is 0.254 e. The lowest BCUT2D eigenvalue weighted by molar-refractivity contribution is -0.117. The molecule has 0 aliphatic carbocycles. The molecule has 1 aliphatic rings. The van der Waals surface area contributed by atoms with Gasteiger partial charge in [0.1, 0.15) is 5.76 Å². The van der Waals surface area contributed by atoms with Gasteiger partial charge in [0.15, 0.2) is 0 Å². The summed E-state index contributed by atoms with van der Waals surface area (Å²) in [6.07, 6.45) is 3.01. The molecule has 0 N–H and O–H groups in total. The average Bonchev–Trinajstić information content (AvgIpc) is 3.29. The minimum absolute atomic E-state index is 0.108. The number of hydrogen-bond acceptors (Lipinski definition) is 4. The second-order valence-corrected chi connectivity index (χ2v) is 6.00. The summed E-state index contributed by atoms with van der Waals surface area (Å²) in [6, 6.07) is 10.9. The number of rotatable bonds is 7. The predicted molar refractivity (Wildman–Crippen MR) is 93.4 cm³/mol. The fourth-order valence-corrected chi connectivity index (χ4v) is 2.96.